The standard InChI is InChI=1S/C37H61N5O8/c1-11-12-13-14-15-18-30(44)39(9)29(22-23(2)3)34(46)38-32(26(7)50-27(8)43)36(48)40(10)33(24(4)5)37(49)41-21-16-17-28(41)35(47)42-25(6)19-20-31(42)45/h19-20,23-26,28-29,32-33H,11-18,21-22H2,1-10H3,(H,38,46)/t25-,26-,28+,29+,32+,33+/m1/s1. The topological polar surface area (TPSA) is 154 Å². The molecule has 0 aromatic rings. The fraction of sp³-hybridized carbons (Fsp3) is 0.757. The van der Waals surface area contributed by atoms with Gasteiger partial charge >= 0.3 is 5.97 Å². The third-order valence-electron chi connectivity index (χ3n) is 9.61. The van der Waals surface area contributed by atoms with Crippen LogP contribution in [0.3, 0.4) is 0 Å². The summed E-state index contributed by atoms with van der Waals surface area (Å²) in [5.41, 5.74) is 0. The van der Waals surface area contributed by atoms with E-state index < -0.39 is 77.7 Å². The molecular formula is C37H61N5O8. The molecule has 13 nitrogen and oxygen atoms in total. The summed E-state index contributed by atoms with van der Waals surface area (Å²) in [6, 6.07) is -4.57. The van der Waals surface area contributed by atoms with Gasteiger partial charge < -0.3 is 24.8 Å². The lowest BCUT2D eigenvalue weighted by Crippen LogP contribution is -2.62. The molecular weight excluding hydrogens is 642 g/mol. The van der Waals surface area contributed by atoms with Gasteiger partial charge in [0.15, 0.2) is 0 Å². The van der Waals surface area contributed by atoms with E-state index in [0.717, 1.165) is 30.6 Å². The predicted octanol–water partition coefficient (Wildman–Crippen LogP) is 3.44. The molecule has 2 rings (SSSR count). The molecule has 0 radical (unpaired) electrons. The number of unbranched alkanes of at least 4 members (excludes halogenated alkanes) is 4. The maximum atomic E-state index is 14.3. The van der Waals surface area contributed by atoms with Gasteiger partial charge in [-0.2, -0.15) is 0 Å². The minimum Gasteiger partial charge on any atom is -0.460 e. The Balaban J connectivity index is 2.34. The number of likely N-dealkylation sites (N-methyl/N-ethyl adjacent to an activating group) is 2. The van der Waals surface area contributed by atoms with E-state index in [1.807, 2.05) is 13.8 Å². The maximum Gasteiger partial charge on any atom is 0.302 e. The summed E-state index contributed by atoms with van der Waals surface area (Å²) in [5, 5.41) is 2.77. The molecule has 0 aliphatic carbocycles. The molecule has 0 aromatic carbocycles. The lowest BCUT2D eigenvalue weighted by Gasteiger charge is -2.38. The van der Waals surface area contributed by atoms with E-state index in [9.17, 15) is 33.6 Å². The zero-order valence-corrected chi connectivity index (χ0v) is 31.9. The molecule has 6 amide bonds. The highest BCUT2D eigenvalue weighted by Gasteiger charge is 2.45. The summed E-state index contributed by atoms with van der Waals surface area (Å²) in [6.45, 7) is 14.3. The van der Waals surface area contributed by atoms with E-state index in [4.69, 9.17) is 4.74 Å². The van der Waals surface area contributed by atoms with Crippen molar-refractivity contribution in [1.29, 1.82) is 0 Å². The minimum atomic E-state index is -1.37. The fourth-order valence-electron chi connectivity index (χ4n) is 6.85. The monoisotopic (exact) mass is 703 g/mol. The first-order chi connectivity index (χ1) is 23.4. The fourth-order valence-corrected chi connectivity index (χ4v) is 6.85. The van der Waals surface area contributed by atoms with E-state index in [-0.39, 0.29) is 18.4 Å². The van der Waals surface area contributed by atoms with Gasteiger partial charge in [-0.1, -0.05) is 66.4 Å². The molecule has 2 aliphatic heterocycles. The molecule has 282 valence electrons. The smallest absolute Gasteiger partial charge is 0.302 e. The normalized spacial score (nSPS) is 19.7. The summed E-state index contributed by atoms with van der Waals surface area (Å²) >= 11 is 0. The van der Waals surface area contributed by atoms with Crippen LogP contribution in [0, 0.1) is 11.8 Å². The Morgan fingerprint density at radius 2 is 1.62 bits per heavy atom. The third-order valence-corrected chi connectivity index (χ3v) is 9.61. The Morgan fingerprint density at radius 1 is 0.980 bits per heavy atom. The highest BCUT2D eigenvalue weighted by molar-refractivity contribution is 6.06. The van der Waals surface area contributed by atoms with Gasteiger partial charge in [0.05, 0.1) is 6.04 Å². The van der Waals surface area contributed by atoms with Gasteiger partial charge in [0, 0.05) is 40.1 Å². The number of likely N-dealkylation sites (tertiary alicyclic amines) is 1. The van der Waals surface area contributed by atoms with E-state index in [1.165, 1.54) is 41.7 Å². The molecule has 0 unspecified atom stereocenters. The minimum absolute atomic E-state index is 0.0435. The van der Waals surface area contributed by atoms with Crippen molar-refractivity contribution in [2.75, 3.05) is 20.6 Å². The van der Waals surface area contributed by atoms with Gasteiger partial charge in [0.1, 0.15) is 30.3 Å². The van der Waals surface area contributed by atoms with E-state index in [0.29, 0.717) is 32.1 Å². The number of hydrogen-bond donors (Lipinski definition) is 1. The van der Waals surface area contributed by atoms with Crippen LogP contribution in [0.1, 0.15) is 113 Å². The van der Waals surface area contributed by atoms with Gasteiger partial charge in [-0.25, -0.2) is 0 Å². The second kappa shape index (κ2) is 19.6. The van der Waals surface area contributed by atoms with Crippen LogP contribution in [0.25, 0.3) is 0 Å². The van der Waals surface area contributed by atoms with Gasteiger partial charge in [-0.05, 0) is 51.4 Å². The molecule has 13 heteroatoms. The number of ether oxygens (including phenoxy) is 1. The van der Waals surface area contributed by atoms with Crippen molar-refractivity contribution in [3.8, 4) is 0 Å². The zero-order valence-electron chi connectivity index (χ0n) is 31.9. The van der Waals surface area contributed by atoms with Gasteiger partial charge in [-0.3, -0.25) is 38.5 Å². The number of rotatable bonds is 18. The van der Waals surface area contributed by atoms with Crippen LogP contribution in [0.5, 0.6) is 0 Å². The Morgan fingerprint density at radius 3 is 2.16 bits per heavy atom. The second-order valence-corrected chi connectivity index (χ2v) is 14.6. The van der Waals surface area contributed by atoms with E-state index in [1.54, 1.807) is 33.9 Å². The summed E-state index contributed by atoms with van der Waals surface area (Å²) in [7, 11) is 3.04. The molecule has 0 aromatic heterocycles. The van der Waals surface area contributed by atoms with Crippen LogP contribution in [0.2, 0.25) is 0 Å². The van der Waals surface area contributed by atoms with Crippen LogP contribution in [-0.4, -0.2) is 118 Å². The van der Waals surface area contributed by atoms with Gasteiger partial charge in [0.25, 0.3) is 11.8 Å². The number of hydrogen-bond acceptors (Lipinski definition) is 8. The molecule has 2 heterocycles. The third kappa shape index (κ3) is 11.1. The lowest BCUT2D eigenvalue weighted by molar-refractivity contribution is -0.157. The molecule has 50 heavy (non-hydrogen) atoms. The van der Waals surface area contributed by atoms with Crippen molar-refractivity contribution >= 4 is 41.4 Å². The van der Waals surface area contributed by atoms with E-state index >= 15 is 0 Å². The van der Waals surface area contributed by atoms with Crippen molar-refractivity contribution in [2.24, 2.45) is 11.8 Å². The summed E-state index contributed by atoms with van der Waals surface area (Å²) in [4.78, 5) is 98.9. The predicted molar refractivity (Wildman–Crippen MR) is 189 cm³/mol. The average molecular weight is 704 g/mol. The SMILES string of the molecule is CCCCCCCC(=O)N(C)[C@@H](CC(C)C)C(=O)N[C@H](C(=O)N(C)[C@H](C(=O)N1CCC[C@H]1C(=O)N1C(=O)C=C[C@H]1C)C(C)C)[C@@H](C)OC(C)=O. The molecule has 1 fully saturated rings. The van der Waals surface area contributed by atoms with Crippen LogP contribution < -0.4 is 5.32 Å². The van der Waals surface area contributed by atoms with Crippen molar-refractivity contribution in [3.05, 3.63) is 12.2 Å². The molecule has 0 saturated carbocycles. The molecule has 1 saturated heterocycles. The summed E-state index contributed by atoms with van der Waals surface area (Å²) < 4.78 is 5.40. The number of imide groups is 1. The Labute approximate surface area is 298 Å². The Hall–Kier alpha value is -3.77. The highest BCUT2D eigenvalue weighted by Crippen LogP contribution is 2.26. The number of nitrogens with zero attached hydrogens (tertiary/aromatic N) is 4. The summed E-state index contributed by atoms with van der Waals surface area (Å²) in [6.07, 6.45) is 8.33. The van der Waals surface area contributed by atoms with Crippen LogP contribution in [-0.2, 0) is 38.3 Å². The van der Waals surface area contributed by atoms with Crippen molar-refractivity contribution < 1.29 is 38.3 Å². The van der Waals surface area contributed by atoms with Crippen LogP contribution in [0.15, 0.2) is 12.2 Å². The Kier molecular flexibility index (Phi) is 16.6. The molecule has 6 atom stereocenters. The highest BCUT2D eigenvalue weighted by atomic mass is 16.5. The average Bonchev–Trinajstić information content (AvgIpc) is 3.66. The van der Waals surface area contributed by atoms with E-state index in [2.05, 4.69) is 12.2 Å². The summed E-state index contributed by atoms with van der Waals surface area (Å²) in [5.74, 6) is -3.76. The molecule has 0 spiro atoms. The number of nitrogens with one attached hydrogen (secondary N) is 1. The van der Waals surface area contributed by atoms with Gasteiger partial charge in [0.2, 0.25) is 23.6 Å². The number of amides is 6. The van der Waals surface area contributed by atoms with Crippen LogP contribution >= 0.6 is 0 Å². The first-order valence-electron chi connectivity index (χ1n) is 18.3. The largest absolute Gasteiger partial charge is 0.460 e. The molecule has 0 bridgehead atoms. The first kappa shape index (κ1) is 42.4. The van der Waals surface area contributed by atoms with Crippen molar-refractivity contribution in [3.63, 3.8) is 0 Å². The number of carbonyl (C=O) groups excluding carboxylic acids is 7. The Bertz CT molecular complexity index is 1270. The van der Waals surface area contributed by atoms with Crippen molar-refractivity contribution in [2.45, 2.75) is 149 Å². The second-order valence-electron chi connectivity index (χ2n) is 14.6. The number of esters is 1. The maximum absolute atomic E-state index is 14.3. The first-order valence-corrected chi connectivity index (χ1v) is 18.3. The van der Waals surface area contributed by atoms with Crippen LogP contribution in [0.4, 0.5) is 0 Å². The van der Waals surface area contributed by atoms with Crippen molar-refractivity contribution in [1.82, 2.24) is 24.9 Å². The zero-order chi connectivity index (χ0) is 37.9. The molecule has 2 aliphatic rings. The lowest BCUT2D eigenvalue weighted by atomic mass is 9.98. The van der Waals surface area contributed by atoms with Gasteiger partial charge in [-0.15, -0.1) is 0 Å². The quantitative estimate of drug-likeness (QED) is 0.129. The number of carbonyl (C=O) groups is 7. The molecule has 1 N–H and O–H groups in total.